The van der Waals surface area contributed by atoms with E-state index in [2.05, 4.69) is 10.6 Å². The predicted octanol–water partition coefficient (Wildman–Crippen LogP) is 1.43. The Balaban J connectivity index is 2.50. The molecule has 0 saturated heterocycles. The van der Waals surface area contributed by atoms with Crippen molar-refractivity contribution < 1.29 is 19.1 Å². The lowest BCUT2D eigenvalue weighted by Gasteiger charge is -2.10. The SMILES string of the molecule is CCOC(=O)c1ccccc1NC(=O)CNCCCOC. The Labute approximate surface area is 124 Å². The summed E-state index contributed by atoms with van der Waals surface area (Å²) in [6, 6.07) is 6.78. The number of esters is 1. The largest absolute Gasteiger partial charge is 0.462 e. The highest BCUT2D eigenvalue weighted by Crippen LogP contribution is 2.15. The van der Waals surface area contributed by atoms with E-state index in [1.165, 1.54) is 0 Å². The van der Waals surface area contributed by atoms with Gasteiger partial charge in [-0.05, 0) is 32.0 Å². The van der Waals surface area contributed by atoms with E-state index in [1.54, 1.807) is 38.3 Å². The molecular weight excluding hydrogens is 272 g/mol. The van der Waals surface area contributed by atoms with E-state index >= 15 is 0 Å². The van der Waals surface area contributed by atoms with Crippen LogP contribution in [-0.2, 0) is 14.3 Å². The molecule has 0 heterocycles. The van der Waals surface area contributed by atoms with Crippen LogP contribution in [0, 0.1) is 0 Å². The highest BCUT2D eigenvalue weighted by Gasteiger charge is 2.13. The summed E-state index contributed by atoms with van der Waals surface area (Å²) < 4.78 is 9.87. The fraction of sp³-hybridized carbons (Fsp3) is 0.467. The minimum absolute atomic E-state index is 0.181. The summed E-state index contributed by atoms with van der Waals surface area (Å²) in [7, 11) is 1.64. The second kappa shape index (κ2) is 9.90. The van der Waals surface area contributed by atoms with Gasteiger partial charge in [0.1, 0.15) is 0 Å². The van der Waals surface area contributed by atoms with Crippen molar-refractivity contribution in [2.45, 2.75) is 13.3 Å². The molecular formula is C15H22N2O4. The molecule has 0 radical (unpaired) electrons. The number of para-hydroxylation sites is 1. The molecule has 0 saturated carbocycles. The van der Waals surface area contributed by atoms with Gasteiger partial charge in [0.25, 0.3) is 0 Å². The van der Waals surface area contributed by atoms with Crippen LogP contribution in [0.15, 0.2) is 24.3 Å². The van der Waals surface area contributed by atoms with Gasteiger partial charge in [-0.3, -0.25) is 4.79 Å². The predicted molar refractivity (Wildman–Crippen MR) is 80.4 cm³/mol. The van der Waals surface area contributed by atoms with Gasteiger partial charge in [0.15, 0.2) is 0 Å². The summed E-state index contributed by atoms with van der Waals surface area (Å²) in [6.07, 6.45) is 0.837. The average Bonchev–Trinajstić information content (AvgIpc) is 2.48. The van der Waals surface area contributed by atoms with Crippen LogP contribution >= 0.6 is 0 Å². The van der Waals surface area contributed by atoms with Crippen LogP contribution in [-0.4, -0.2) is 45.3 Å². The van der Waals surface area contributed by atoms with Gasteiger partial charge in [-0.1, -0.05) is 12.1 Å². The summed E-state index contributed by atoms with van der Waals surface area (Å²) in [5.41, 5.74) is 0.812. The number of amides is 1. The summed E-state index contributed by atoms with van der Waals surface area (Å²) in [6.45, 7) is 3.56. The van der Waals surface area contributed by atoms with E-state index in [4.69, 9.17) is 9.47 Å². The molecule has 2 N–H and O–H groups in total. The van der Waals surface area contributed by atoms with Gasteiger partial charge in [0.05, 0.1) is 24.4 Å². The summed E-state index contributed by atoms with van der Waals surface area (Å²) >= 11 is 0. The van der Waals surface area contributed by atoms with Crippen molar-refractivity contribution in [3.8, 4) is 0 Å². The maximum absolute atomic E-state index is 11.8. The molecule has 0 aliphatic heterocycles. The van der Waals surface area contributed by atoms with Gasteiger partial charge in [0, 0.05) is 13.7 Å². The zero-order valence-electron chi connectivity index (χ0n) is 12.5. The monoisotopic (exact) mass is 294 g/mol. The second-order valence-electron chi connectivity index (χ2n) is 4.34. The van der Waals surface area contributed by atoms with Crippen molar-refractivity contribution >= 4 is 17.6 Å². The molecule has 0 unspecified atom stereocenters. The molecule has 0 spiro atoms. The first-order chi connectivity index (χ1) is 10.2. The van der Waals surface area contributed by atoms with E-state index < -0.39 is 5.97 Å². The molecule has 1 rings (SSSR count). The number of carbonyl (C=O) groups excluding carboxylic acids is 2. The zero-order valence-corrected chi connectivity index (χ0v) is 12.5. The van der Waals surface area contributed by atoms with Crippen LogP contribution in [0.25, 0.3) is 0 Å². The smallest absolute Gasteiger partial charge is 0.340 e. The number of hydrogen-bond acceptors (Lipinski definition) is 5. The number of rotatable bonds is 9. The Bertz CT molecular complexity index is 463. The molecule has 0 aliphatic carbocycles. The van der Waals surface area contributed by atoms with Crippen LogP contribution in [0.2, 0.25) is 0 Å². The van der Waals surface area contributed by atoms with Crippen LogP contribution in [0.3, 0.4) is 0 Å². The molecule has 0 aromatic heterocycles. The molecule has 1 aromatic rings. The zero-order chi connectivity index (χ0) is 15.5. The fourth-order valence-corrected chi connectivity index (χ4v) is 1.72. The molecule has 1 aromatic carbocycles. The van der Waals surface area contributed by atoms with Gasteiger partial charge in [-0.25, -0.2) is 4.79 Å². The van der Waals surface area contributed by atoms with Crippen molar-refractivity contribution in [3.63, 3.8) is 0 Å². The number of benzene rings is 1. The topological polar surface area (TPSA) is 76.7 Å². The van der Waals surface area contributed by atoms with Crippen LogP contribution < -0.4 is 10.6 Å². The number of hydrogen-bond donors (Lipinski definition) is 2. The highest BCUT2D eigenvalue weighted by molar-refractivity contribution is 6.01. The molecule has 0 bridgehead atoms. The normalized spacial score (nSPS) is 10.2. The summed E-state index contributed by atoms with van der Waals surface area (Å²) in [5.74, 6) is -0.648. The quantitative estimate of drug-likeness (QED) is 0.532. The third kappa shape index (κ3) is 6.37. The molecule has 21 heavy (non-hydrogen) atoms. The van der Waals surface area contributed by atoms with E-state index in [9.17, 15) is 9.59 Å². The lowest BCUT2D eigenvalue weighted by atomic mass is 10.2. The first-order valence-corrected chi connectivity index (χ1v) is 6.94. The van der Waals surface area contributed by atoms with E-state index in [1.807, 2.05) is 0 Å². The minimum Gasteiger partial charge on any atom is -0.462 e. The third-order valence-corrected chi connectivity index (χ3v) is 2.68. The van der Waals surface area contributed by atoms with Crippen molar-refractivity contribution in [3.05, 3.63) is 29.8 Å². The third-order valence-electron chi connectivity index (χ3n) is 2.68. The maximum Gasteiger partial charge on any atom is 0.340 e. The van der Waals surface area contributed by atoms with E-state index in [0.29, 0.717) is 31.0 Å². The van der Waals surface area contributed by atoms with Gasteiger partial charge in [-0.2, -0.15) is 0 Å². The lowest BCUT2D eigenvalue weighted by Crippen LogP contribution is -2.29. The highest BCUT2D eigenvalue weighted by atomic mass is 16.5. The van der Waals surface area contributed by atoms with Crippen molar-refractivity contribution in [1.82, 2.24) is 5.32 Å². The Morgan fingerprint density at radius 2 is 2.00 bits per heavy atom. The fourth-order valence-electron chi connectivity index (χ4n) is 1.72. The standard InChI is InChI=1S/C15H22N2O4/c1-3-21-15(19)12-7-4-5-8-13(12)17-14(18)11-16-9-6-10-20-2/h4-5,7-8,16H,3,6,9-11H2,1-2H3,(H,17,18). The molecule has 6 nitrogen and oxygen atoms in total. The van der Waals surface area contributed by atoms with Crippen LogP contribution in [0.4, 0.5) is 5.69 Å². The number of carbonyl (C=O) groups is 2. The van der Waals surface area contributed by atoms with Crippen molar-refractivity contribution in [2.75, 3.05) is 38.7 Å². The van der Waals surface area contributed by atoms with E-state index in [-0.39, 0.29) is 12.5 Å². The second-order valence-corrected chi connectivity index (χ2v) is 4.34. The van der Waals surface area contributed by atoms with Gasteiger partial charge >= 0.3 is 5.97 Å². The molecule has 0 fully saturated rings. The Hall–Kier alpha value is -1.92. The number of nitrogens with one attached hydrogen (secondary N) is 2. The maximum atomic E-state index is 11.8. The molecule has 116 valence electrons. The summed E-state index contributed by atoms with van der Waals surface area (Å²) in [4.78, 5) is 23.6. The first kappa shape index (κ1) is 17.1. The molecule has 1 amide bonds. The van der Waals surface area contributed by atoms with Gasteiger partial charge < -0.3 is 20.1 Å². The minimum atomic E-state index is -0.443. The van der Waals surface area contributed by atoms with Crippen molar-refractivity contribution in [1.29, 1.82) is 0 Å². The molecule has 6 heteroatoms. The number of ether oxygens (including phenoxy) is 2. The Kier molecular flexibility index (Phi) is 8.08. The van der Waals surface area contributed by atoms with Gasteiger partial charge in [-0.15, -0.1) is 0 Å². The number of methoxy groups -OCH3 is 1. The Morgan fingerprint density at radius 3 is 2.71 bits per heavy atom. The van der Waals surface area contributed by atoms with Crippen LogP contribution in [0.5, 0.6) is 0 Å². The lowest BCUT2D eigenvalue weighted by molar-refractivity contribution is -0.115. The number of anilines is 1. The Morgan fingerprint density at radius 1 is 1.24 bits per heavy atom. The average molecular weight is 294 g/mol. The first-order valence-electron chi connectivity index (χ1n) is 6.94. The summed E-state index contributed by atoms with van der Waals surface area (Å²) in [5, 5.41) is 5.71. The van der Waals surface area contributed by atoms with Crippen molar-refractivity contribution in [2.24, 2.45) is 0 Å². The molecule has 0 atom stereocenters. The van der Waals surface area contributed by atoms with Gasteiger partial charge in [0.2, 0.25) is 5.91 Å². The van der Waals surface area contributed by atoms with E-state index in [0.717, 1.165) is 6.42 Å². The molecule has 0 aliphatic rings. The van der Waals surface area contributed by atoms with Crippen LogP contribution in [0.1, 0.15) is 23.7 Å².